The second-order valence-corrected chi connectivity index (χ2v) is 18.2. The Kier molecular flexibility index (Phi) is 7.54. The van der Waals surface area contributed by atoms with Gasteiger partial charge in [-0.05, 0) is 35.9 Å². The van der Waals surface area contributed by atoms with Crippen LogP contribution in [-0.4, -0.2) is 16.1 Å². The summed E-state index contributed by atoms with van der Waals surface area (Å²) in [6, 6.07) is 4.96. The van der Waals surface area contributed by atoms with Crippen molar-refractivity contribution in [3.63, 3.8) is 0 Å². The Hall–Kier alpha value is -1.96. The first-order valence-electron chi connectivity index (χ1n) is 8.81. The van der Waals surface area contributed by atoms with Gasteiger partial charge in [0.1, 0.15) is 8.07 Å². The molecule has 0 nitrogen and oxygen atoms in total. The lowest BCUT2D eigenvalue weighted by atomic mass is 10.1. The fourth-order valence-corrected chi connectivity index (χ4v) is 4.25. The minimum absolute atomic E-state index is 0.565. The Morgan fingerprint density at radius 3 is 1.96 bits per heavy atom. The maximum absolute atomic E-state index is 12.7. The molecule has 0 unspecified atom stereocenters. The summed E-state index contributed by atoms with van der Waals surface area (Å²) in [5.41, 5.74) is 4.29. The van der Waals surface area contributed by atoms with E-state index in [0.717, 1.165) is 22.9 Å². The van der Waals surface area contributed by atoms with Gasteiger partial charge in [0.05, 0.1) is 13.6 Å². The number of benzene rings is 1. The molecule has 0 aliphatic heterocycles. The van der Waals surface area contributed by atoms with E-state index in [2.05, 4.69) is 69.2 Å². The van der Waals surface area contributed by atoms with Crippen molar-refractivity contribution in [1.82, 2.24) is 0 Å². The molecule has 0 spiro atoms. The van der Waals surface area contributed by atoms with Gasteiger partial charge in [-0.1, -0.05) is 63.1 Å². The second kappa shape index (κ2) is 8.82. The molecule has 0 saturated heterocycles. The smallest absolute Gasteiger partial charge is 0.166 e. The topological polar surface area (TPSA) is 0 Å². The van der Waals surface area contributed by atoms with Crippen LogP contribution >= 0.6 is 0 Å². The van der Waals surface area contributed by atoms with E-state index in [4.69, 9.17) is 0 Å². The minimum atomic E-state index is -4.33. The van der Waals surface area contributed by atoms with E-state index in [1.54, 1.807) is 0 Å². The van der Waals surface area contributed by atoms with Gasteiger partial charge in [-0.15, -0.1) is 12.1 Å². The fraction of sp³-hybridized carbons (Fsp3) is 0.364. The zero-order valence-electron chi connectivity index (χ0n) is 16.9. The van der Waals surface area contributed by atoms with Crippen LogP contribution in [0.25, 0.3) is 0 Å². The number of hydrogen-bond acceptors (Lipinski definition) is 0. The highest BCUT2D eigenvalue weighted by molar-refractivity contribution is 6.85. The third-order valence-corrected chi connectivity index (χ3v) is 6.33. The van der Waals surface area contributed by atoms with Crippen LogP contribution in [0.3, 0.4) is 0 Å². The van der Waals surface area contributed by atoms with Gasteiger partial charge in [-0.2, -0.15) is 13.2 Å². The number of halogens is 3. The van der Waals surface area contributed by atoms with Gasteiger partial charge in [0.2, 0.25) is 0 Å². The molecule has 0 aromatic heterocycles. The van der Waals surface area contributed by atoms with Crippen molar-refractivity contribution >= 4 is 16.1 Å². The van der Waals surface area contributed by atoms with Crippen molar-refractivity contribution < 1.29 is 13.2 Å². The molecule has 1 rings (SSSR count). The van der Waals surface area contributed by atoms with Crippen molar-refractivity contribution in [3.05, 3.63) is 58.8 Å². The lowest BCUT2D eigenvalue weighted by Gasteiger charge is -2.18. The minimum Gasteiger partial charge on any atom is -0.166 e. The highest BCUT2D eigenvalue weighted by atomic mass is 28.3. The number of allylic oxidation sites excluding steroid dienone is 3. The highest BCUT2D eigenvalue weighted by Gasteiger charge is 2.29. The molecular formula is C22H27F3Si2. The Bertz CT molecular complexity index is 823. The van der Waals surface area contributed by atoms with Crippen LogP contribution in [0.15, 0.2) is 47.7 Å². The third-order valence-electron chi connectivity index (χ3n) is 3.53. The summed E-state index contributed by atoms with van der Waals surface area (Å²) >= 11 is 0. The van der Waals surface area contributed by atoms with Crippen LogP contribution in [0.2, 0.25) is 39.3 Å². The molecule has 144 valence electrons. The first-order chi connectivity index (χ1) is 12.2. The van der Waals surface area contributed by atoms with E-state index < -0.39 is 27.9 Å². The summed E-state index contributed by atoms with van der Waals surface area (Å²) in [7, 11) is -3.32. The van der Waals surface area contributed by atoms with Gasteiger partial charge in [0.15, 0.2) is 0 Å². The van der Waals surface area contributed by atoms with E-state index in [-0.39, 0.29) is 0 Å². The number of alkyl halides is 3. The van der Waals surface area contributed by atoms with Crippen LogP contribution in [0.4, 0.5) is 13.2 Å². The van der Waals surface area contributed by atoms with Crippen molar-refractivity contribution in [2.45, 2.75) is 51.9 Å². The van der Waals surface area contributed by atoms with Crippen LogP contribution < -0.4 is 0 Å². The van der Waals surface area contributed by atoms with Crippen LogP contribution in [0.5, 0.6) is 0 Å². The van der Waals surface area contributed by atoms with Crippen molar-refractivity contribution in [2.24, 2.45) is 0 Å². The molecule has 5 heteroatoms. The Morgan fingerprint density at radius 2 is 1.56 bits per heavy atom. The Balaban J connectivity index is 3.42. The summed E-state index contributed by atoms with van der Waals surface area (Å²) < 4.78 is 38.1. The molecule has 1 aromatic rings. The van der Waals surface area contributed by atoms with Gasteiger partial charge >= 0.3 is 6.18 Å². The predicted molar refractivity (Wildman–Crippen MR) is 115 cm³/mol. The van der Waals surface area contributed by atoms with Crippen LogP contribution in [0, 0.1) is 23.3 Å². The van der Waals surface area contributed by atoms with Crippen LogP contribution in [0.1, 0.15) is 17.5 Å². The maximum atomic E-state index is 12.7. The van der Waals surface area contributed by atoms with E-state index in [9.17, 15) is 13.2 Å². The van der Waals surface area contributed by atoms with Crippen molar-refractivity contribution in [3.8, 4) is 23.3 Å². The first-order valence-corrected chi connectivity index (χ1v) is 15.8. The van der Waals surface area contributed by atoms with Gasteiger partial charge < -0.3 is 0 Å². The lowest BCUT2D eigenvalue weighted by molar-refractivity contribution is -0.137. The molecule has 1 aromatic carbocycles. The average Bonchev–Trinajstić information content (AvgIpc) is 2.50. The zero-order valence-corrected chi connectivity index (χ0v) is 18.9. The van der Waals surface area contributed by atoms with Gasteiger partial charge in [0, 0.05) is 11.1 Å². The molecule has 0 amide bonds. The number of rotatable bonds is 3. The molecule has 0 saturated carbocycles. The Labute approximate surface area is 163 Å². The summed E-state index contributed by atoms with van der Waals surface area (Å²) in [5, 5.41) is 1.04. The molecule has 0 atom stereocenters. The molecule has 0 bridgehead atoms. The fourth-order valence-electron chi connectivity index (χ4n) is 2.22. The SMILES string of the molecule is C=CCC(C#C[Si](C)(C)C)=C(C#Cc1ccc(C(F)(F)F)cc1)[Si](C)(C)C. The summed E-state index contributed by atoms with van der Waals surface area (Å²) in [4.78, 5) is 0. The standard InChI is InChI=1S/C22H27F3Si2/c1-8-9-19(16-17-26(2,3)4)21(27(5,6)7)15-12-18-10-13-20(14-11-18)22(23,24)25/h8,10-11,13-14H,1,9H2,2-7H3. The molecule has 0 aliphatic carbocycles. The van der Waals surface area contributed by atoms with Crippen molar-refractivity contribution in [2.75, 3.05) is 0 Å². The molecule has 0 N–H and O–H groups in total. The van der Waals surface area contributed by atoms with Gasteiger partial charge in [0.25, 0.3) is 0 Å². The van der Waals surface area contributed by atoms with Gasteiger partial charge in [-0.3, -0.25) is 0 Å². The van der Waals surface area contributed by atoms with Crippen LogP contribution in [-0.2, 0) is 6.18 Å². The van der Waals surface area contributed by atoms with Gasteiger partial charge in [-0.25, -0.2) is 0 Å². The number of hydrogen-bond donors (Lipinski definition) is 0. The molecule has 0 heterocycles. The Morgan fingerprint density at radius 1 is 1.00 bits per heavy atom. The average molecular weight is 405 g/mol. The van der Waals surface area contributed by atoms with E-state index >= 15 is 0 Å². The lowest BCUT2D eigenvalue weighted by Crippen LogP contribution is -2.25. The third kappa shape index (κ3) is 8.07. The molecular weight excluding hydrogens is 377 g/mol. The summed E-state index contributed by atoms with van der Waals surface area (Å²) in [6.07, 6.45) is -1.86. The van der Waals surface area contributed by atoms with E-state index in [0.29, 0.717) is 12.0 Å². The van der Waals surface area contributed by atoms with E-state index in [1.807, 2.05) is 6.08 Å². The summed E-state index contributed by atoms with van der Waals surface area (Å²) in [5.74, 6) is 9.60. The molecule has 27 heavy (non-hydrogen) atoms. The highest BCUT2D eigenvalue weighted by Crippen LogP contribution is 2.29. The van der Waals surface area contributed by atoms with Crippen molar-refractivity contribution in [1.29, 1.82) is 0 Å². The maximum Gasteiger partial charge on any atom is 0.416 e. The largest absolute Gasteiger partial charge is 0.416 e. The molecule has 0 radical (unpaired) electrons. The zero-order chi connectivity index (χ0) is 20.9. The molecule has 0 fully saturated rings. The predicted octanol–water partition coefficient (Wildman–Crippen LogP) is 6.69. The quantitative estimate of drug-likeness (QED) is 0.299. The monoisotopic (exact) mass is 404 g/mol. The normalized spacial score (nSPS) is 12.9. The molecule has 0 aliphatic rings. The van der Waals surface area contributed by atoms with E-state index in [1.165, 1.54) is 12.1 Å². The second-order valence-electron chi connectivity index (χ2n) is 8.42. The summed E-state index contributed by atoms with van der Waals surface area (Å²) in [6.45, 7) is 17.0. The first kappa shape index (κ1) is 23.1.